The summed E-state index contributed by atoms with van der Waals surface area (Å²) in [4.78, 5) is 24.4. The summed E-state index contributed by atoms with van der Waals surface area (Å²) < 4.78 is 5.52. The van der Waals surface area contributed by atoms with Crippen molar-refractivity contribution in [1.29, 1.82) is 0 Å². The number of H-pyrrole nitrogens is 1. The first kappa shape index (κ1) is 13.3. The fraction of sp³-hybridized carbons (Fsp3) is 0. The zero-order valence-electron chi connectivity index (χ0n) is 11.9. The lowest BCUT2D eigenvalue weighted by Crippen LogP contribution is -2.14. The summed E-state index contributed by atoms with van der Waals surface area (Å²) in [6.45, 7) is 0. The van der Waals surface area contributed by atoms with Crippen LogP contribution in [0.1, 0.15) is 10.6 Å². The van der Waals surface area contributed by atoms with Crippen LogP contribution >= 0.6 is 0 Å². The lowest BCUT2D eigenvalue weighted by atomic mass is 10.2. The molecule has 0 bridgehead atoms. The number of aromatic amines is 1. The van der Waals surface area contributed by atoms with E-state index in [4.69, 9.17) is 4.42 Å². The molecule has 6 nitrogen and oxygen atoms in total. The molecule has 4 aromatic rings. The summed E-state index contributed by atoms with van der Waals surface area (Å²) in [5.41, 5.74) is 1.53. The quantitative estimate of drug-likeness (QED) is 0.596. The first-order valence-electron chi connectivity index (χ1n) is 6.98. The lowest BCUT2D eigenvalue weighted by molar-refractivity contribution is 0.0997. The van der Waals surface area contributed by atoms with Crippen molar-refractivity contribution < 1.29 is 9.21 Å². The Kier molecular flexibility index (Phi) is 2.94. The average molecular weight is 305 g/mol. The van der Waals surface area contributed by atoms with Crippen LogP contribution < -0.4 is 10.7 Å². The van der Waals surface area contributed by atoms with Gasteiger partial charge < -0.3 is 9.73 Å². The molecule has 0 aliphatic carbocycles. The van der Waals surface area contributed by atoms with Gasteiger partial charge in [-0.2, -0.15) is 5.10 Å². The monoisotopic (exact) mass is 305 g/mol. The Bertz CT molecular complexity index is 1090. The van der Waals surface area contributed by atoms with Gasteiger partial charge in [-0.25, -0.2) is 0 Å². The number of rotatable bonds is 2. The van der Waals surface area contributed by atoms with Crippen LogP contribution in [-0.2, 0) is 0 Å². The minimum absolute atomic E-state index is 0.0293. The second-order valence-electron chi connectivity index (χ2n) is 5.10. The second-order valence-corrected chi connectivity index (χ2v) is 5.10. The third kappa shape index (κ3) is 2.36. The molecule has 2 heterocycles. The molecule has 0 radical (unpaired) electrons. The number of hydrogen-bond donors (Lipinski definition) is 2. The van der Waals surface area contributed by atoms with E-state index in [0.29, 0.717) is 16.7 Å². The Balaban J connectivity index is 1.69. The third-order valence-electron chi connectivity index (χ3n) is 3.56. The van der Waals surface area contributed by atoms with Gasteiger partial charge in [0.15, 0.2) is 11.2 Å². The van der Waals surface area contributed by atoms with Crippen LogP contribution in [0.3, 0.4) is 0 Å². The fourth-order valence-electron chi connectivity index (χ4n) is 2.42. The van der Waals surface area contributed by atoms with Crippen LogP contribution in [0.25, 0.3) is 21.9 Å². The second kappa shape index (κ2) is 5.10. The summed E-state index contributed by atoms with van der Waals surface area (Å²) in [5.74, 6) is -0.509. The molecule has 0 fully saturated rings. The number of para-hydroxylation sites is 1. The van der Waals surface area contributed by atoms with Crippen molar-refractivity contribution in [3.8, 4) is 0 Å². The Hall–Kier alpha value is -3.41. The molecular formula is C17H11N3O3. The van der Waals surface area contributed by atoms with Crippen LogP contribution in [0.2, 0.25) is 0 Å². The number of hydrogen-bond acceptors (Lipinski definition) is 4. The molecule has 4 rings (SSSR count). The van der Waals surface area contributed by atoms with E-state index in [1.807, 2.05) is 6.07 Å². The molecule has 6 heteroatoms. The number of aromatic nitrogens is 2. The van der Waals surface area contributed by atoms with Gasteiger partial charge in [-0.05, 0) is 30.3 Å². The fourth-order valence-corrected chi connectivity index (χ4v) is 2.42. The molecule has 0 atom stereocenters. The highest BCUT2D eigenvalue weighted by atomic mass is 16.3. The molecule has 2 aromatic carbocycles. The Morgan fingerprint density at radius 3 is 2.91 bits per heavy atom. The summed E-state index contributed by atoms with van der Waals surface area (Å²) >= 11 is 0. The third-order valence-corrected chi connectivity index (χ3v) is 3.56. The molecule has 0 saturated carbocycles. The van der Waals surface area contributed by atoms with E-state index in [1.165, 1.54) is 6.07 Å². The molecule has 0 aliphatic heterocycles. The molecule has 23 heavy (non-hydrogen) atoms. The summed E-state index contributed by atoms with van der Waals surface area (Å²) in [7, 11) is 0. The number of carbonyl (C=O) groups is 1. The van der Waals surface area contributed by atoms with Gasteiger partial charge in [0.2, 0.25) is 0 Å². The van der Waals surface area contributed by atoms with Crippen LogP contribution in [-0.4, -0.2) is 16.1 Å². The van der Waals surface area contributed by atoms with Gasteiger partial charge in [0.05, 0.1) is 17.1 Å². The van der Waals surface area contributed by atoms with Crippen LogP contribution in [0.4, 0.5) is 5.69 Å². The van der Waals surface area contributed by atoms with Gasteiger partial charge in [0.25, 0.3) is 5.91 Å². The number of carbonyl (C=O) groups excluding carboxylic acids is 1. The van der Waals surface area contributed by atoms with Crippen LogP contribution in [0.15, 0.2) is 63.9 Å². The summed E-state index contributed by atoms with van der Waals surface area (Å²) in [6.07, 6.45) is 1.70. The Labute approximate surface area is 129 Å². The van der Waals surface area contributed by atoms with Gasteiger partial charge in [-0.3, -0.25) is 14.7 Å². The smallest absolute Gasteiger partial charge is 0.291 e. The lowest BCUT2D eigenvalue weighted by Gasteiger charge is -2.05. The van der Waals surface area contributed by atoms with E-state index in [2.05, 4.69) is 15.5 Å². The van der Waals surface area contributed by atoms with E-state index in [9.17, 15) is 9.59 Å². The number of nitrogens with one attached hydrogen (secondary N) is 2. The molecule has 0 spiro atoms. The van der Waals surface area contributed by atoms with E-state index in [1.54, 1.807) is 42.6 Å². The highest BCUT2D eigenvalue weighted by Gasteiger charge is 2.12. The largest absolute Gasteiger partial charge is 0.451 e. The first-order valence-corrected chi connectivity index (χ1v) is 6.98. The molecule has 2 aromatic heterocycles. The number of amides is 1. The molecule has 2 N–H and O–H groups in total. The van der Waals surface area contributed by atoms with Gasteiger partial charge in [-0.1, -0.05) is 12.1 Å². The van der Waals surface area contributed by atoms with Crippen molar-refractivity contribution in [3.05, 3.63) is 70.7 Å². The maximum Gasteiger partial charge on any atom is 0.291 e. The minimum Gasteiger partial charge on any atom is -0.451 e. The van der Waals surface area contributed by atoms with E-state index >= 15 is 0 Å². The molecule has 0 unspecified atom stereocenters. The predicted molar refractivity (Wildman–Crippen MR) is 86.5 cm³/mol. The number of anilines is 1. The Morgan fingerprint density at radius 2 is 2.00 bits per heavy atom. The SMILES string of the molecule is O=C(Nc1ccc2cn[nH]c2c1)c1cc(=O)c2ccccc2o1. The normalized spacial score (nSPS) is 11.0. The average Bonchev–Trinajstić information content (AvgIpc) is 3.02. The first-order chi connectivity index (χ1) is 11.2. The number of fused-ring (bicyclic) bond motifs is 2. The molecule has 0 saturated heterocycles. The van der Waals surface area contributed by atoms with Crippen molar-refractivity contribution in [2.75, 3.05) is 5.32 Å². The van der Waals surface area contributed by atoms with E-state index < -0.39 is 5.91 Å². The zero-order chi connectivity index (χ0) is 15.8. The predicted octanol–water partition coefficient (Wildman–Crippen LogP) is 2.92. The number of nitrogens with zero attached hydrogens (tertiary/aromatic N) is 1. The van der Waals surface area contributed by atoms with E-state index in [0.717, 1.165) is 10.9 Å². The standard InChI is InChI=1S/C17H11N3O3/c21-14-8-16(23-15-4-2-1-3-12(14)15)17(22)19-11-6-5-10-9-18-20-13(10)7-11/h1-9H,(H,18,20)(H,19,22). The van der Waals surface area contributed by atoms with Crippen LogP contribution in [0.5, 0.6) is 0 Å². The molecule has 1 amide bonds. The van der Waals surface area contributed by atoms with E-state index in [-0.39, 0.29) is 11.2 Å². The molecule has 112 valence electrons. The van der Waals surface area contributed by atoms with Gasteiger partial charge in [0, 0.05) is 17.1 Å². The topological polar surface area (TPSA) is 88.0 Å². The van der Waals surface area contributed by atoms with Crippen molar-refractivity contribution in [2.45, 2.75) is 0 Å². The zero-order valence-corrected chi connectivity index (χ0v) is 11.9. The maximum atomic E-state index is 12.3. The minimum atomic E-state index is -0.480. The summed E-state index contributed by atoms with van der Waals surface area (Å²) in [5, 5.41) is 10.9. The molecule has 0 aliphatic rings. The van der Waals surface area contributed by atoms with Crippen molar-refractivity contribution in [1.82, 2.24) is 10.2 Å². The van der Waals surface area contributed by atoms with Crippen molar-refractivity contribution in [3.63, 3.8) is 0 Å². The van der Waals surface area contributed by atoms with Crippen molar-refractivity contribution in [2.24, 2.45) is 0 Å². The van der Waals surface area contributed by atoms with Gasteiger partial charge in [0.1, 0.15) is 5.58 Å². The Morgan fingerprint density at radius 1 is 1.13 bits per heavy atom. The van der Waals surface area contributed by atoms with Gasteiger partial charge >= 0.3 is 0 Å². The summed E-state index contributed by atoms with van der Waals surface area (Å²) in [6, 6.07) is 13.4. The maximum absolute atomic E-state index is 12.3. The van der Waals surface area contributed by atoms with Gasteiger partial charge in [-0.15, -0.1) is 0 Å². The van der Waals surface area contributed by atoms with Crippen molar-refractivity contribution >= 4 is 33.5 Å². The highest BCUT2D eigenvalue weighted by Crippen LogP contribution is 2.18. The highest BCUT2D eigenvalue weighted by molar-refractivity contribution is 6.03. The number of benzene rings is 2. The van der Waals surface area contributed by atoms with Crippen LogP contribution in [0, 0.1) is 0 Å². The molecular weight excluding hydrogens is 294 g/mol.